The number of amides is 1. The second-order valence-corrected chi connectivity index (χ2v) is 6.39. The summed E-state index contributed by atoms with van der Waals surface area (Å²) in [7, 11) is 0. The quantitative estimate of drug-likeness (QED) is 0.560. The van der Waals surface area contributed by atoms with Crippen molar-refractivity contribution in [3.63, 3.8) is 0 Å². The normalized spacial score (nSPS) is 12.2. The summed E-state index contributed by atoms with van der Waals surface area (Å²) in [5.41, 5.74) is 1.88. The van der Waals surface area contributed by atoms with Gasteiger partial charge in [-0.3, -0.25) is 4.79 Å². The van der Waals surface area contributed by atoms with Crippen molar-refractivity contribution in [3.8, 4) is 0 Å². The highest BCUT2D eigenvalue weighted by Gasteiger charge is 2.09. The van der Waals surface area contributed by atoms with E-state index in [1.165, 1.54) is 31.0 Å². The molecule has 0 saturated heterocycles. The number of unbranched alkanes of at least 4 members (excludes halogenated alkanes) is 1. The molecule has 1 unspecified atom stereocenters. The predicted octanol–water partition coefficient (Wildman–Crippen LogP) is 3.52. The second-order valence-electron chi connectivity index (χ2n) is 5.44. The number of hydrogen-bond donors (Lipinski definition) is 1. The number of nitrogens with one attached hydrogen (secondary N) is 1. The fourth-order valence-electron chi connectivity index (χ4n) is 2.14. The predicted molar refractivity (Wildman–Crippen MR) is 88.5 cm³/mol. The van der Waals surface area contributed by atoms with Gasteiger partial charge in [0.25, 0.3) is 0 Å². The Labute approximate surface area is 132 Å². The zero-order valence-corrected chi connectivity index (χ0v) is 14.4. The van der Waals surface area contributed by atoms with Crippen LogP contribution in [0.2, 0.25) is 0 Å². The summed E-state index contributed by atoms with van der Waals surface area (Å²) >= 11 is 1.40. The minimum Gasteiger partial charge on any atom is -0.355 e. The van der Waals surface area contributed by atoms with Crippen LogP contribution in [0.25, 0.3) is 0 Å². The summed E-state index contributed by atoms with van der Waals surface area (Å²) in [5.74, 6) is 1.04. The summed E-state index contributed by atoms with van der Waals surface area (Å²) in [6, 6.07) is 1.93. The van der Waals surface area contributed by atoms with E-state index >= 15 is 0 Å². The van der Waals surface area contributed by atoms with Gasteiger partial charge in [-0.1, -0.05) is 44.9 Å². The van der Waals surface area contributed by atoms with Crippen molar-refractivity contribution in [3.05, 3.63) is 17.5 Å². The fourth-order valence-corrected chi connectivity index (χ4v) is 2.92. The first-order chi connectivity index (χ1) is 10.0. The van der Waals surface area contributed by atoms with Gasteiger partial charge in [-0.05, 0) is 32.3 Å². The zero-order chi connectivity index (χ0) is 15.7. The molecular formula is C16H27N3OS. The molecule has 21 heavy (non-hydrogen) atoms. The Morgan fingerprint density at radius 3 is 2.52 bits per heavy atom. The van der Waals surface area contributed by atoms with E-state index < -0.39 is 0 Å². The number of carbonyl (C=O) groups excluding carboxylic acids is 1. The van der Waals surface area contributed by atoms with E-state index in [4.69, 9.17) is 0 Å². The maximum Gasteiger partial charge on any atom is 0.230 e. The molecule has 0 aliphatic rings. The molecule has 0 radical (unpaired) electrons. The summed E-state index contributed by atoms with van der Waals surface area (Å²) in [6.45, 7) is 9.05. The molecule has 0 aliphatic carbocycles. The molecule has 4 nitrogen and oxygen atoms in total. The molecule has 0 aliphatic heterocycles. The second kappa shape index (κ2) is 9.77. The first-order valence-electron chi connectivity index (χ1n) is 7.76. The molecule has 1 aromatic rings. The number of carbonyl (C=O) groups is 1. The van der Waals surface area contributed by atoms with Crippen molar-refractivity contribution in [1.82, 2.24) is 15.3 Å². The minimum absolute atomic E-state index is 0.0673. The standard InChI is InChI=1S/C16H27N3OS/c1-5-7-8-14(6-2)10-17-15(20)11-21-16-18-12(3)9-13(4)19-16/h9,14H,5-8,10-11H2,1-4H3,(H,17,20). The lowest BCUT2D eigenvalue weighted by atomic mass is 9.99. The van der Waals surface area contributed by atoms with Gasteiger partial charge in [-0.25, -0.2) is 9.97 Å². The summed E-state index contributed by atoms with van der Waals surface area (Å²) < 4.78 is 0. The number of hydrogen-bond acceptors (Lipinski definition) is 4. The Morgan fingerprint density at radius 1 is 1.29 bits per heavy atom. The van der Waals surface area contributed by atoms with Gasteiger partial charge in [0.05, 0.1) is 5.75 Å². The number of thioether (sulfide) groups is 1. The van der Waals surface area contributed by atoms with Gasteiger partial charge in [-0.15, -0.1) is 0 Å². The number of rotatable bonds is 9. The van der Waals surface area contributed by atoms with E-state index in [0.717, 1.165) is 24.4 Å². The SMILES string of the molecule is CCCCC(CC)CNC(=O)CSc1nc(C)cc(C)n1. The highest BCUT2D eigenvalue weighted by molar-refractivity contribution is 7.99. The molecule has 1 heterocycles. The molecule has 0 bridgehead atoms. The molecule has 5 heteroatoms. The van der Waals surface area contributed by atoms with E-state index in [-0.39, 0.29) is 5.91 Å². The first kappa shape index (κ1) is 18.0. The van der Waals surface area contributed by atoms with Gasteiger partial charge in [0.15, 0.2) is 5.16 Å². The number of nitrogens with zero attached hydrogens (tertiary/aromatic N) is 2. The van der Waals surface area contributed by atoms with Crippen molar-refractivity contribution in [2.24, 2.45) is 5.92 Å². The molecule has 0 spiro atoms. The van der Waals surface area contributed by atoms with Gasteiger partial charge in [0.1, 0.15) is 0 Å². The van der Waals surface area contributed by atoms with Gasteiger partial charge >= 0.3 is 0 Å². The minimum atomic E-state index is 0.0673. The van der Waals surface area contributed by atoms with Crippen LogP contribution in [0.3, 0.4) is 0 Å². The summed E-state index contributed by atoms with van der Waals surface area (Å²) in [4.78, 5) is 20.6. The maximum atomic E-state index is 11.9. The smallest absolute Gasteiger partial charge is 0.230 e. The van der Waals surface area contributed by atoms with E-state index in [9.17, 15) is 4.79 Å². The maximum absolute atomic E-state index is 11.9. The van der Waals surface area contributed by atoms with Crippen LogP contribution in [0, 0.1) is 19.8 Å². The van der Waals surface area contributed by atoms with Crippen molar-refractivity contribution >= 4 is 17.7 Å². The van der Waals surface area contributed by atoms with Crippen LogP contribution in [0.1, 0.15) is 50.9 Å². The third kappa shape index (κ3) is 7.46. The van der Waals surface area contributed by atoms with E-state index in [0.29, 0.717) is 16.8 Å². The molecule has 1 aromatic heterocycles. The summed E-state index contributed by atoms with van der Waals surface area (Å²) in [6.07, 6.45) is 4.76. The van der Waals surface area contributed by atoms with Crippen molar-refractivity contribution in [1.29, 1.82) is 0 Å². The van der Waals surface area contributed by atoms with Crippen LogP contribution in [-0.2, 0) is 4.79 Å². The third-order valence-electron chi connectivity index (χ3n) is 3.43. The van der Waals surface area contributed by atoms with E-state index in [2.05, 4.69) is 29.1 Å². The average molecular weight is 309 g/mol. The molecular weight excluding hydrogens is 282 g/mol. The van der Waals surface area contributed by atoms with Gasteiger partial charge < -0.3 is 5.32 Å². The largest absolute Gasteiger partial charge is 0.355 e. The first-order valence-corrected chi connectivity index (χ1v) is 8.75. The Bertz CT molecular complexity index is 431. The van der Waals surface area contributed by atoms with Crippen molar-refractivity contribution < 1.29 is 4.79 Å². The Hall–Kier alpha value is -1.10. The molecule has 1 N–H and O–H groups in total. The third-order valence-corrected chi connectivity index (χ3v) is 4.27. The van der Waals surface area contributed by atoms with Gasteiger partial charge in [-0.2, -0.15) is 0 Å². The van der Waals surface area contributed by atoms with E-state index in [1.807, 2.05) is 19.9 Å². The van der Waals surface area contributed by atoms with Crippen LogP contribution in [0.5, 0.6) is 0 Å². The molecule has 0 saturated carbocycles. The average Bonchev–Trinajstić information content (AvgIpc) is 2.44. The Balaban J connectivity index is 2.33. The fraction of sp³-hybridized carbons (Fsp3) is 0.688. The lowest BCUT2D eigenvalue weighted by Gasteiger charge is -2.15. The molecule has 1 rings (SSSR count). The number of aryl methyl sites for hydroxylation is 2. The zero-order valence-electron chi connectivity index (χ0n) is 13.6. The lowest BCUT2D eigenvalue weighted by Crippen LogP contribution is -2.30. The van der Waals surface area contributed by atoms with Crippen molar-refractivity contribution in [2.45, 2.75) is 58.5 Å². The van der Waals surface area contributed by atoms with Crippen molar-refractivity contribution in [2.75, 3.05) is 12.3 Å². The molecule has 1 atom stereocenters. The van der Waals surface area contributed by atoms with Gasteiger partial charge in [0.2, 0.25) is 5.91 Å². The van der Waals surface area contributed by atoms with Crippen LogP contribution in [0.15, 0.2) is 11.2 Å². The van der Waals surface area contributed by atoms with Gasteiger partial charge in [0, 0.05) is 17.9 Å². The van der Waals surface area contributed by atoms with Crippen LogP contribution in [-0.4, -0.2) is 28.2 Å². The van der Waals surface area contributed by atoms with Crippen LogP contribution < -0.4 is 5.32 Å². The monoisotopic (exact) mass is 309 g/mol. The van der Waals surface area contributed by atoms with Crippen LogP contribution in [0.4, 0.5) is 0 Å². The highest BCUT2D eigenvalue weighted by atomic mass is 32.2. The summed E-state index contributed by atoms with van der Waals surface area (Å²) in [5, 5.41) is 3.71. The topological polar surface area (TPSA) is 54.9 Å². The molecule has 0 aromatic carbocycles. The Kier molecular flexibility index (Phi) is 8.35. The molecule has 1 amide bonds. The van der Waals surface area contributed by atoms with E-state index in [1.54, 1.807) is 0 Å². The Morgan fingerprint density at radius 2 is 1.95 bits per heavy atom. The highest BCUT2D eigenvalue weighted by Crippen LogP contribution is 2.14. The molecule has 0 fully saturated rings. The number of aromatic nitrogens is 2. The molecule has 118 valence electrons. The van der Waals surface area contributed by atoms with Crippen LogP contribution >= 0.6 is 11.8 Å². The lowest BCUT2D eigenvalue weighted by molar-refractivity contribution is -0.118.